The van der Waals surface area contributed by atoms with Crippen LogP contribution in [-0.4, -0.2) is 19.2 Å². The van der Waals surface area contributed by atoms with Crippen molar-refractivity contribution in [3.63, 3.8) is 0 Å². The average molecular weight is 447 g/mol. The lowest BCUT2D eigenvalue weighted by Gasteiger charge is -2.25. The highest BCUT2D eigenvalue weighted by Gasteiger charge is 2.15. The Balaban J connectivity index is 1.73. The number of benzene rings is 3. The van der Waals surface area contributed by atoms with Crippen LogP contribution in [0, 0.1) is 0 Å². The molecule has 0 N–H and O–H groups in total. The van der Waals surface area contributed by atoms with Gasteiger partial charge in [-0.15, -0.1) is 0 Å². The van der Waals surface area contributed by atoms with E-state index < -0.39 is 0 Å². The number of aromatic nitrogens is 1. The Labute approximate surface area is 194 Å². The topological polar surface area (TPSA) is 34.6 Å². The minimum atomic E-state index is 0.693. The summed E-state index contributed by atoms with van der Waals surface area (Å²) in [4.78, 5) is 7.24. The van der Waals surface area contributed by atoms with E-state index in [1.807, 2.05) is 42.5 Å². The maximum Gasteiger partial charge on any atom is 0.131 e. The van der Waals surface area contributed by atoms with Crippen LogP contribution in [0.5, 0.6) is 11.5 Å². The summed E-state index contributed by atoms with van der Waals surface area (Å²) < 4.78 is 10.6. The number of nitrogens with zero attached hydrogens (tertiary/aromatic N) is 2. The van der Waals surface area contributed by atoms with Crippen LogP contribution < -0.4 is 14.4 Å². The van der Waals surface area contributed by atoms with Gasteiger partial charge in [0, 0.05) is 18.5 Å². The maximum atomic E-state index is 6.78. The van der Waals surface area contributed by atoms with Crippen LogP contribution in [0.15, 0.2) is 72.8 Å². The van der Waals surface area contributed by atoms with Crippen LogP contribution in [0.2, 0.25) is 5.02 Å². The molecule has 5 heteroatoms. The number of hydrogen-bond acceptors (Lipinski definition) is 4. The predicted octanol–water partition coefficient (Wildman–Crippen LogP) is 6.67. The summed E-state index contributed by atoms with van der Waals surface area (Å²) in [6, 6.07) is 24.4. The molecule has 32 heavy (non-hydrogen) atoms. The van der Waals surface area contributed by atoms with Gasteiger partial charge in [0.05, 0.1) is 24.8 Å². The smallest absolute Gasteiger partial charge is 0.131 e. The largest absolute Gasteiger partial charge is 0.497 e. The molecular formula is C27H27ClN2O2. The van der Waals surface area contributed by atoms with Crippen LogP contribution in [0.4, 0.5) is 5.82 Å². The zero-order valence-corrected chi connectivity index (χ0v) is 19.4. The van der Waals surface area contributed by atoms with Crippen LogP contribution in [0.25, 0.3) is 10.9 Å². The summed E-state index contributed by atoms with van der Waals surface area (Å²) in [5, 5.41) is 1.77. The number of methoxy groups -OCH3 is 2. The molecule has 0 amide bonds. The van der Waals surface area contributed by atoms with Gasteiger partial charge in [-0.05, 0) is 59.5 Å². The van der Waals surface area contributed by atoms with Crippen molar-refractivity contribution in [2.24, 2.45) is 0 Å². The van der Waals surface area contributed by atoms with Crippen LogP contribution in [0.3, 0.4) is 0 Å². The van der Waals surface area contributed by atoms with E-state index in [-0.39, 0.29) is 0 Å². The second-order valence-electron chi connectivity index (χ2n) is 7.68. The van der Waals surface area contributed by atoms with Gasteiger partial charge in [-0.2, -0.15) is 0 Å². The first-order valence-electron chi connectivity index (χ1n) is 10.7. The molecular weight excluding hydrogens is 420 g/mol. The van der Waals surface area contributed by atoms with Crippen molar-refractivity contribution < 1.29 is 9.47 Å². The fourth-order valence-corrected chi connectivity index (χ4v) is 4.19. The lowest BCUT2D eigenvalue weighted by atomic mass is 10.1. The molecule has 0 unspecified atom stereocenters. The Bertz CT molecular complexity index is 1140. The summed E-state index contributed by atoms with van der Waals surface area (Å²) in [6.45, 7) is 3.52. The van der Waals surface area contributed by atoms with Crippen molar-refractivity contribution in [1.29, 1.82) is 0 Å². The first-order chi connectivity index (χ1) is 15.6. The first-order valence-corrected chi connectivity index (χ1v) is 11.1. The zero-order valence-electron chi connectivity index (χ0n) is 18.6. The van der Waals surface area contributed by atoms with Gasteiger partial charge in [0.25, 0.3) is 0 Å². The third-order valence-electron chi connectivity index (χ3n) is 5.63. The Morgan fingerprint density at radius 1 is 0.812 bits per heavy atom. The number of hydrogen-bond donors (Lipinski definition) is 0. The van der Waals surface area contributed by atoms with Gasteiger partial charge in [-0.25, -0.2) is 4.98 Å². The molecule has 0 bridgehead atoms. The van der Waals surface area contributed by atoms with Crippen molar-refractivity contribution >= 4 is 28.3 Å². The van der Waals surface area contributed by atoms with Crippen LogP contribution in [0.1, 0.15) is 23.6 Å². The number of aryl methyl sites for hydroxylation is 1. The highest BCUT2D eigenvalue weighted by molar-refractivity contribution is 6.35. The van der Waals surface area contributed by atoms with Gasteiger partial charge in [0.1, 0.15) is 17.3 Å². The minimum absolute atomic E-state index is 0.693. The number of rotatable bonds is 8. The number of anilines is 1. The molecule has 0 atom stereocenters. The van der Waals surface area contributed by atoms with Crippen molar-refractivity contribution in [2.45, 2.75) is 26.4 Å². The summed E-state index contributed by atoms with van der Waals surface area (Å²) in [6.07, 6.45) is 0.916. The third kappa shape index (κ3) is 4.81. The highest BCUT2D eigenvalue weighted by Crippen LogP contribution is 2.31. The van der Waals surface area contributed by atoms with E-state index in [0.29, 0.717) is 13.1 Å². The third-order valence-corrected chi connectivity index (χ3v) is 5.93. The summed E-state index contributed by atoms with van der Waals surface area (Å²) in [7, 11) is 3.35. The maximum absolute atomic E-state index is 6.78. The predicted molar refractivity (Wildman–Crippen MR) is 132 cm³/mol. The fraction of sp³-hybridized carbons (Fsp3) is 0.222. The molecule has 3 aromatic carbocycles. The average Bonchev–Trinajstić information content (AvgIpc) is 2.84. The van der Waals surface area contributed by atoms with E-state index in [9.17, 15) is 0 Å². The van der Waals surface area contributed by atoms with Gasteiger partial charge >= 0.3 is 0 Å². The lowest BCUT2D eigenvalue weighted by Crippen LogP contribution is -2.23. The fourth-order valence-electron chi connectivity index (χ4n) is 3.87. The van der Waals surface area contributed by atoms with Crippen molar-refractivity contribution in [1.82, 2.24) is 4.98 Å². The van der Waals surface area contributed by atoms with E-state index in [4.69, 9.17) is 26.1 Å². The van der Waals surface area contributed by atoms with Gasteiger partial charge in [0.15, 0.2) is 0 Å². The Hall–Kier alpha value is -3.24. The SMILES string of the molecule is CCc1cccc2nc(N(Cc3ccc(OC)cc3)Cc3ccc(OC)cc3)cc(Cl)c12. The van der Waals surface area contributed by atoms with E-state index in [1.165, 1.54) is 16.7 Å². The molecule has 4 aromatic rings. The molecule has 0 radical (unpaired) electrons. The summed E-state index contributed by atoms with van der Waals surface area (Å²) in [5.41, 5.74) is 4.46. The quantitative estimate of drug-likeness (QED) is 0.302. The number of halogens is 1. The van der Waals surface area contributed by atoms with E-state index in [2.05, 4.69) is 42.2 Å². The zero-order chi connectivity index (χ0) is 22.5. The molecule has 0 aliphatic rings. The molecule has 0 aliphatic carbocycles. The second-order valence-corrected chi connectivity index (χ2v) is 8.09. The number of ether oxygens (including phenoxy) is 2. The van der Waals surface area contributed by atoms with Gasteiger partial charge in [0.2, 0.25) is 0 Å². The lowest BCUT2D eigenvalue weighted by molar-refractivity contribution is 0.414. The summed E-state index contributed by atoms with van der Waals surface area (Å²) in [5.74, 6) is 2.53. The van der Waals surface area contributed by atoms with Crippen LogP contribution in [-0.2, 0) is 19.5 Å². The van der Waals surface area contributed by atoms with Gasteiger partial charge in [-0.1, -0.05) is 54.9 Å². The molecule has 1 heterocycles. The Morgan fingerprint density at radius 2 is 1.38 bits per heavy atom. The van der Waals surface area contributed by atoms with Crippen LogP contribution >= 0.6 is 11.6 Å². The van der Waals surface area contributed by atoms with E-state index in [0.717, 1.165) is 39.7 Å². The van der Waals surface area contributed by atoms with Gasteiger partial charge in [-0.3, -0.25) is 0 Å². The standard InChI is InChI=1S/C27H27ClN2O2/c1-4-21-6-5-7-25-27(21)24(28)16-26(29-25)30(17-19-8-12-22(31-2)13-9-19)18-20-10-14-23(32-3)15-11-20/h5-16H,4,17-18H2,1-3H3. The van der Waals surface area contributed by atoms with E-state index in [1.54, 1.807) is 14.2 Å². The van der Waals surface area contributed by atoms with Gasteiger partial charge < -0.3 is 14.4 Å². The summed E-state index contributed by atoms with van der Waals surface area (Å²) >= 11 is 6.78. The normalized spacial score (nSPS) is 10.9. The van der Waals surface area contributed by atoms with Crippen molar-refractivity contribution in [2.75, 3.05) is 19.1 Å². The molecule has 1 aromatic heterocycles. The molecule has 0 aliphatic heterocycles. The molecule has 0 saturated carbocycles. The molecule has 0 spiro atoms. The van der Waals surface area contributed by atoms with Crippen molar-refractivity contribution in [3.8, 4) is 11.5 Å². The number of fused-ring (bicyclic) bond motifs is 1. The molecule has 0 fully saturated rings. The number of pyridine rings is 1. The minimum Gasteiger partial charge on any atom is -0.497 e. The Morgan fingerprint density at radius 3 is 1.88 bits per heavy atom. The Kier molecular flexibility index (Phi) is 6.81. The molecule has 4 nitrogen and oxygen atoms in total. The second kappa shape index (κ2) is 9.92. The van der Waals surface area contributed by atoms with E-state index >= 15 is 0 Å². The monoisotopic (exact) mass is 446 g/mol. The highest BCUT2D eigenvalue weighted by atomic mass is 35.5. The first kappa shape index (κ1) is 22.0. The molecule has 0 saturated heterocycles. The van der Waals surface area contributed by atoms with Crippen molar-refractivity contribution in [3.05, 3.63) is 94.5 Å². The molecule has 4 rings (SSSR count). The molecule has 164 valence electrons.